The zero-order valence-electron chi connectivity index (χ0n) is 17.4. The summed E-state index contributed by atoms with van der Waals surface area (Å²) in [5.74, 6) is -1.37. The minimum absolute atomic E-state index is 0.0721. The van der Waals surface area contributed by atoms with Gasteiger partial charge in [-0.15, -0.1) is 0 Å². The van der Waals surface area contributed by atoms with Crippen molar-refractivity contribution in [1.29, 1.82) is 0 Å². The number of nitrogens with one attached hydrogen (secondary N) is 1. The summed E-state index contributed by atoms with van der Waals surface area (Å²) in [6.07, 6.45) is -5.49. The van der Waals surface area contributed by atoms with Crippen LogP contribution in [0.1, 0.15) is 43.8 Å². The van der Waals surface area contributed by atoms with Gasteiger partial charge >= 0.3 is 6.18 Å². The van der Waals surface area contributed by atoms with Crippen molar-refractivity contribution in [2.45, 2.75) is 43.5 Å². The van der Waals surface area contributed by atoms with E-state index >= 15 is 0 Å². The molecule has 2 heterocycles. The Bertz CT molecular complexity index is 1160. The molecule has 12 heteroatoms. The molecule has 174 valence electrons. The van der Waals surface area contributed by atoms with Gasteiger partial charge in [0, 0.05) is 17.4 Å². The lowest BCUT2D eigenvalue weighted by molar-refractivity contribution is -0.137. The Labute approximate surface area is 182 Å². The van der Waals surface area contributed by atoms with Gasteiger partial charge in [-0.05, 0) is 51.1 Å². The standard InChI is InChI=1S/C20H22F4N4O3S/c1-18(2)17(25)28-19(3,10-32(18,30)31)13-8-12(5-6-14(13)21)27-16(29)15-7-4-11(9-26-15)20(22,23)24/h4-9,16,27,29H,10H2,1-3H3,(H2,25,28)/t16?,19-/m0/s1. The third kappa shape index (κ3) is 4.29. The van der Waals surface area contributed by atoms with Crippen molar-refractivity contribution in [2.24, 2.45) is 10.7 Å². The van der Waals surface area contributed by atoms with Crippen molar-refractivity contribution in [3.05, 3.63) is 59.2 Å². The monoisotopic (exact) mass is 474 g/mol. The van der Waals surface area contributed by atoms with Crippen LogP contribution in [0.5, 0.6) is 0 Å². The second kappa shape index (κ2) is 7.69. The SMILES string of the molecule is CC1(C)C(N)=N[C@](C)(c2cc(NC(O)c3ccc(C(F)(F)F)cn3)ccc2F)CS1(=O)=O. The lowest BCUT2D eigenvalue weighted by atomic mass is 9.92. The Morgan fingerprint density at radius 3 is 2.38 bits per heavy atom. The second-order valence-electron chi connectivity index (χ2n) is 8.25. The lowest BCUT2D eigenvalue weighted by Gasteiger charge is -2.38. The van der Waals surface area contributed by atoms with Crippen LogP contribution in [0.25, 0.3) is 0 Å². The Morgan fingerprint density at radius 2 is 1.84 bits per heavy atom. The van der Waals surface area contributed by atoms with Gasteiger partial charge in [-0.2, -0.15) is 13.2 Å². The molecular weight excluding hydrogens is 452 g/mol. The van der Waals surface area contributed by atoms with Gasteiger partial charge < -0.3 is 16.2 Å². The molecule has 7 nitrogen and oxygen atoms in total. The fourth-order valence-corrected chi connectivity index (χ4v) is 4.96. The van der Waals surface area contributed by atoms with Crippen molar-refractivity contribution in [3.8, 4) is 0 Å². The first-order valence-corrected chi connectivity index (χ1v) is 11.1. The molecule has 4 N–H and O–H groups in total. The van der Waals surface area contributed by atoms with Crippen LogP contribution in [0.2, 0.25) is 0 Å². The first-order chi connectivity index (χ1) is 14.6. The van der Waals surface area contributed by atoms with Gasteiger partial charge in [0.2, 0.25) is 0 Å². The molecule has 32 heavy (non-hydrogen) atoms. The maximum atomic E-state index is 14.7. The van der Waals surface area contributed by atoms with Crippen LogP contribution in [0.3, 0.4) is 0 Å². The molecule has 0 spiro atoms. The molecule has 2 aromatic rings. The first kappa shape index (κ1) is 23.9. The van der Waals surface area contributed by atoms with Crippen LogP contribution < -0.4 is 11.1 Å². The molecule has 1 aliphatic heterocycles. The number of aliphatic hydroxyl groups excluding tert-OH is 1. The number of alkyl halides is 3. The number of aliphatic hydroxyl groups is 1. The third-order valence-corrected chi connectivity index (χ3v) is 8.18. The summed E-state index contributed by atoms with van der Waals surface area (Å²) in [4.78, 5) is 7.88. The Balaban J connectivity index is 1.92. The predicted molar refractivity (Wildman–Crippen MR) is 111 cm³/mol. The molecule has 0 radical (unpaired) electrons. The number of rotatable bonds is 4. The number of pyridine rings is 1. The Hall–Kier alpha value is -2.73. The smallest absolute Gasteiger partial charge is 0.386 e. The summed E-state index contributed by atoms with van der Waals surface area (Å²) in [5.41, 5.74) is 3.41. The van der Waals surface area contributed by atoms with Gasteiger partial charge in [0.25, 0.3) is 0 Å². The summed E-state index contributed by atoms with van der Waals surface area (Å²) in [7, 11) is -3.77. The maximum Gasteiger partial charge on any atom is 0.417 e. The molecule has 1 aromatic heterocycles. The molecule has 3 rings (SSSR count). The van der Waals surface area contributed by atoms with Gasteiger partial charge in [0.05, 0.1) is 17.0 Å². The van der Waals surface area contributed by atoms with Gasteiger partial charge in [-0.1, -0.05) is 0 Å². The van der Waals surface area contributed by atoms with Crippen molar-refractivity contribution >= 4 is 21.4 Å². The molecule has 0 saturated heterocycles. The van der Waals surface area contributed by atoms with Crippen LogP contribution in [0.4, 0.5) is 23.2 Å². The van der Waals surface area contributed by atoms with E-state index in [2.05, 4.69) is 15.3 Å². The first-order valence-electron chi connectivity index (χ1n) is 9.43. The molecule has 2 atom stereocenters. The zero-order chi connectivity index (χ0) is 24.1. The van der Waals surface area contributed by atoms with Gasteiger partial charge in [-0.25, -0.2) is 12.8 Å². The Morgan fingerprint density at radius 1 is 1.19 bits per heavy atom. The lowest BCUT2D eigenvalue weighted by Crippen LogP contribution is -2.54. The largest absolute Gasteiger partial charge is 0.417 e. The highest BCUT2D eigenvalue weighted by Gasteiger charge is 2.49. The highest BCUT2D eigenvalue weighted by molar-refractivity contribution is 7.93. The highest BCUT2D eigenvalue weighted by Crippen LogP contribution is 2.39. The number of halogens is 4. The topological polar surface area (TPSA) is 118 Å². The third-order valence-electron chi connectivity index (χ3n) is 5.48. The molecule has 1 unspecified atom stereocenters. The number of amidine groups is 1. The Kier molecular flexibility index (Phi) is 5.75. The average molecular weight is 474 g/mol. The number of nitrogens with two attached hydrogens (primary N) is 1. The van der Waals surface area contributed by atoms with E-state index in [0.29, 0.717) is 6.20 Å². The van der Waals surface area contributed by atoms with Gasteiger partial charge in [-0.3, -0.25) is 9.98 Å². The van der Waals surface area contributed by atoms with E-state index in [1.165, 1.54) is 32.9 Å². The van der Waals surface area contributed by atoms with Crippen LogP contribution >= 0.6 is 0 Å². The summed E-state index contributed by atoms with van der Waals surface area (Å²) in [6, 6.07) is 5.40. The van der Waals surface area contributed by atoms with Gasteiger partial charge in [0.1, 0.15) is 21.9 Å². The number of nitrogens with zero attached hydrogens (tertiary/aromatic N) is 2. The van der Waals surface area contributed by atoms with Crippen molar-refractivity contribution in [1.82, 2.24) is 4.98 Å². The highest BCUT2D eigenvalue weighted by atomic mass is 32.2. The van der Waals surface area contributed by atoms with Crippen molar-refractivity contribution in [3.63, 3.8) is 0 Å². The van der Waals surface area contributed by atoms with Crippen molar-refractivity contribution < 1.29 is 31.1 Å². The number of hydrogen-bond donors (Lipinski definition) is 3. The molecule has 0 saturated carbocycles. The van der Waals surface area contributed by atoms with E-state index < -0.39 is 49.7 Å². The summed E-state index contributed by atoms with van der Waals surface area (Å²) in [5, 5.41) is 12.9. The number of sulfone groups is 1. The maximum absolute atomic E-state index is 14.7. The molecule has 1 aromatic carbocycles. The summed E-state index contributed by atoms with van der Waals surface area (Å²) in [6.45, 7) is 4.27. The van der Waals surface area contributed by atoms with Crippen LogP contribution in [0.15, 0.2) is 41.5 Å². The number of benzene rings is 1. The van der Waals surface area contributed by atoms with Crippen LogP contribution in [0, 0.1) is 5.82 Å². The predicted octanol–water partition coefficient (Wildman–Crippen LogP) is 3.12. The van der Waals surface area contributed by atoms with Crippen molar-refractivity contribution in [2.75, 3.05) is 11.1 Å². The second-order valence-corrected chi connectivity index (χ2v) is 10.8. The minimum atomic E-state index is -4.57. The normalized spacial score (nSPS) is 23.3. The van der Waals surface area contributed by atoms with Crippen LogP contribution in [-0.4, -0.2) is 34.8 Å². The van der Waals surface area contributed by atoms with E-state index in [9.17, 15) is 31.1 Å². The quantitative estimate of drug-likeness (QED) is 0.463. The molecule has 1 aliphatic rings. The van der Waals surface area contributed by atoms with E-state index in [1.54, 1.807) is 0 Å². The zero-order valence-corrected chi connectivity index (χ0v) is 18.2. The van der Waals surface area contributed by atoms with E-state index in [1.807, 2.05) is 0 Å². The fraction of sp³-hybridized carbons (Fsp3) is 0.400. The van der Waals surface area contributed by atoms with Crippen LogP contribution in [-0.2, 0) is 21.6 Å². The number of aliphatic imine (C=N–C) groups is 1. The van der Waals surface area contributed by atoms with Gasteiger partial charge in [0.15, 0.2) is 16.1 Å². The summed E-state index contributed by atoms with van der Waals surface area (Å²) >= 11 is 0. The molecule has 0 fully saturated rings. The molecule has 0 aliphatic carbocycles. The molecule has 0 amide bonds. The average Bonchev–Trinajstić information content (AvgIpc) is 2.67. The van der Waals surface area contributed by atoms with E-state index in [0.717, 1.165) is 18.2 Å². The number of anilines is 1. The summed E-state index contributed by atoms with van der Waals surface area (Å²) < 4.78 is 76.8. The fourth-order valence-electron chi connectivity index (χ4n) is 3.27. The minimum Gasteiger partial charge on any atom is -0.386 e. The number of hydrogen-bond acceptors (Lipinski definition) is 7. The molecule has 0 bridgehead atoms. The molecular formula is C20H22F4N4O3S. The van der Waals surface area contributed by atoms with E-state index in [-0.39, 0.29) is 22.8 Å². The van der Waals surface area contributed by atoms with E-state index in [4.69, 9.17) is 5.73 Å². The number of aromatic nitrogens is 1.